The van der Waals surface area contributed by atoms with Gasteiger partial charge in [0.2, 0.25) is 10.0 Å². The molecule has 4 bridgehead atoms. The molecule has 198 valence electrons. The molecule has 9 heteroatoms. The highest BCUT2D eigenvalue weighted by molar-refractivity contribution is 7.92. The standard InChI is InChI=1S/C28H35N3O5S/c1-35-25-8-9-26(36-2)22(13-25)17-29-30-27(32)18-31(37(3,33)34)24-6-4-23(5-7-24)28-14-19-10-20(15-28)12-21(11-19)16-28/h4-9,13,17,19-21H,10-12,14-16,18H2,1-3H3,(H,30,32)/b29-17+. The lowest BCUT2D eigenvalue weighted by molar-refractivity contribution is -0.119. The van der Waals surface area contributed by atoms with Crippen molar-refractivity contribution in [3.05, 3.63) is 53.6 Å². The Bertz CT molecular complexity index is 1250. The molecule has 0 spiro atoms. The molecule has 0 unspecified atom stereocenters. The second-order valence-corrected chi connectivity index (χ2v) is 12.8. The largest absolute Gasteiger partial charge is 0.497 e. The summed E-state index contributed by atoms with van der Waals surface area (Å²) in [6.07, 6.45) is 10.4. The quantitative estimate of drug-likeness (QED) is 0.393. The number of hydrogen-bond acceptors (Lipinski definition) is 6. The Hall–Kier alpha value is -3.07. The zero-order valence-electron chi connectivity index (χ0n) is 21.6. The summed E-state index contributed by atoms with van der Waals surface area (Å²) in [6.45, 7) is -0.373. The van der Waals surface area contributed by atoms with E-state index >= 15 is 0 Å². The van der Waals surface area contributed by atoms with E-state index in [9.17, 15) is 13.2 Å². The van der Waals surface area contributed by atoms with Crippen LogP contribution < -0.4 is 19.2 Å². The van der Waals surface area contributed by atoms with Crippen LogP contribution in [0.25, 0.3) is 0 Å². The normalized spacial score (nSPS) is 26.3. The molecule has 37 heavy (non-hydrogen) atoms. The van der Waals surface area contributed by atoms with Crippen molar-refractivity contribution in [3.63, 3.8) is 0 Å². The van der Waals surface area contributed by atoms with Crippen molar-refractivity contribution >= 4 is 27.8 Å². The number of methoxy groups -OCH3 is 2. The molecule has 2 aromatic rings. The van der Waals surface area contributed by atoms with E-state index in [1.54, 1.807) is 25.3 Å². The monoisotopic (exact) mass is 525 g/mol. The Balaban J connectivity index is 1.28. The van der Waals surface area contributed by atoms with Crippen LogP contribution in [0.2, 0.25) is 0 Å². The fraction of sp³-hybridized carbons (Fsp3) is 0.500. The molecule has 6 rings (SSSR count). The van der Waals surface area contributed by atoms with Crippen LogP contribution in [0.15, 0.2) is 47.6 Å². The lowest BCUT2D eigenvalue weighted by Crippen LogP contribution is -2.48. The van der Waals surface area contributed by atoms with Crippen LogP contribution in [0.1, 0.15) is 49.7 Å². The first kappa shape index (κ1) is 25.6. The van der Waals surface area contributed by atoms with Gasteiger partial charge in [0, 0.05) is 5.56 Å². The third kappa shape index (κ3) is 5.32. The van der Waals surface area contributed by atoms with Crippen molar-refractivity contribution in [1.29, 1.82) is 0 Å². The van der Waals surface area contributed by atoms with Crippen molar-refractivity contribution in [2.24, 2.45) is 22.9 Å². The van der Waals surface area contributed by atoms with Crippen molar-refractivity contribution in [2.75, 3.05) is 31.3 Å². The number of anilines is 1. The average molecular weight is 526 g/mol. The van der Waals surface area contributed by atoms with Gasteiger partial charge < -0.3 is 9.47 Å². The molecule has 1 N–H and O–H groups in total. The summed E-state index contributed by atoms with van der Waals surface area (Å²) in [5.74, 6) is 3.14. The van der Waals surface area contributed by atoms with Crippen LogP contribution in [-0.2, 0) is 20.2 Å². The first-order valence-corrected chi connectivity index (χ1v) is 14.7. The zero-order chi connectivity index (χ0) is 26.2. The third-order valence-corrected chi connectivity index (χ3v) is 9.46. The SMILES string of the molecule is COc1ccc(OC)c(/C=N/NC(=O)CN(c2ccc(C34CC5CC(CC(C5)C3)C4)cc2)S(C)(=O)=O)c1. The maximum absolute atomic E-state index is 12.7. The Kier molecular flexibility index (Phi) is 6.91. The molecule has 0 aromatic heterocycles. The highest BCUT2D eigenvalue weighted by Crippen LogP contribution is 2.60. The number of rotatable bonds is 9. The van der Waals surface area contributed by atoms with E-state index in [1.807, 2.05) is 12.1 Å². The van der Waals surface area contributed by atoms with Gasteiger partial charge in [0.1, 0.15) is 18.0 Å². The number of carbonyl (C=O) groups excluding carboxylic acids is 1. The number of nitrogens with zero attached hydrogens (tertiary/aromatic N) is 2. The number of ether oxygens (including phenoxy) is 2. The highest BCUT2D eigenvalue weighted by atomic mass is 32.2. The number of hydrazone groups is 1. The summed E-state index contributed by atoms with van der Waals surface area (Å²) in [6, 6.07) is 13.0. The van der Waals surface area contributed by atoms with Crippen LogP contribution in [0.5, 0.6) is 11.5 Å². The predicted octanol–water partition coefficient (Wildman–Crippen LogP) is 4.09. The van der Waals surface area contributed by atoms with Gasteiger partial charge in [-0.05, 0) is 97.6 Å². The van der Waals surface area contributed by atoms with Crippen molar-refractivity contribution in [2.45, 2.75) is 43.9 Å². The van der Waals surface area contributed by atoms with Crippen LogP contribution >= 0.6 is 0 Å². The molecule has 4 aliphatic rings. The summed E-state index contributed by atoms with van der Waals surface area (Å²) in [4.78, 5) is 12.7. The Morgan fingerprint density at radius 2 is 1.65 bits per heavy atom. The van der Waals surface area contributed by atoms with E-state index < -0.39 is 15.9 Å². The van der Waals surface area contributed by atoms with Gasteiger partial charge >= 0.3 is 0 Å². The molecule has 0 heterocycles. The number of nitrogens with one attached hydrogen (secondary N) is 1. The van der Waals surface area contributed by atoms with E-state index in [1.165, 1.54) is 57.4 Å². The van der Waals surface area contributed by atoms with Gasteiger partial charge in [-0.1, -0.05) is 12.1 Å². The summed E-state index contributed by atoms with van der Waals surface area (Å²) < 4.78 is 36.8. The number of carbonyl (C=O) groups is 1. The second-order valence-electron chi connectivity index (χ2n) is 10.9. The van der Waals surface area contributed by atoms with Gasteiger partial charge in [-0.15, -0.1) is 0 Å². The van der Waals surface area contributed by atoms with Gasteiger partial charge in [0.15, 0.2) is 0 Å². The fourth-order valence-electron chi connectivity index (χ4n) is 7.13. The van der Waals surface area contributed by atoms with E-state index in [0.717, 1.165) is 28.3 Å². The Morgan fingerprint density at radius 3 is 2.19 bits per heavy atom. The third-order valence-electron chi connectivity index (χ3n) is 8.32. The predicted molar refractivity (Wildman–Crippen MR) is 144 cm³/mol. The lowest BCUT2D eigenvalue weighted by atomic mass is 9.48. The summed E-state index contributed by atoms with van der Waals surface area (Å²) in [5.41, 5.74) is 5.05. The molecule has 8 nitrogen and oxygen atoms in total. The van der Waals surface area contributed by atoms with E-state index in [4.69, 9.17) is 9.47 Å². The van der Waals surface area contributed by atoms with Crippen LogP contribution in [0.3, 0.4) is 0 Å². The maximum atomic E-state index is 12.7. The molecular formula is C28H35N3O5S. The van der Waals surface area contributed by atoms with Crippen molar-refractivity contribution < 1.29 is 22.7 Å². The highest BCUT2D eigenvalue weighted by Gasteiger charge is 2.51. The minimum Gasteiger partial charge on any atom is -0.497 e. The number of hydrogen-bond donors (Lipinski definition) is 1. The molecular weight excluding hydrogens is 490 g/mol. The van der Waals surface area contributed by atoms with Crippen LogP contribution in [0, 0.1) is 17.8 Å². The first-order valence-electron chi connectivity index (χ1n) is 12.8. The number of amides is 1. The minimum absolute atomic E-state index is 0.233. The first-order chi connectivity index (χ1) is 17.7. The Labute approximate surface area is 219 Å². The zero-order valence-corrected chi connectivity index (χ0v) is 22.5. The van der Waals surface area contributed by atoms with Gasteiger partial charge in [-0.3, -0.25) is 9.10 Å². The molecule has 2 aromatic carbocycles. The molecule has 0 atom stereocenters. The van der Waals surface area contributed by atoms with E-state index in [2.05, 4.69) is 22.7 Å². The lowest BCUT2D eigenvalue weighted by Gasteiger charge is -2.57. The molecule has 0 saturated heterocycles. The van der Waals surface area contributed by atoms with E-state index in [0.29, 0.717) is 22.7 Å². The molecule has 0 aliphatic heterocycles. The molecule has 0 radical (unpaired) electrons. The smallest absolute Gasteiger partial charge is 0.260 e. The average Bonchev–Trinajstić information content (AvgIpc) is 2.86. The topological polar surface area (TPSA) is 97.3 Å². The van der Waals surface area contributed by atoms with Gasteiger partial charge in [0.05, 0.1) is 32.4 Å². The molecule has 1 amide bonds. The minimum atomic E-state index is -3.68. The van der Waals surface area contributed by atoms with Crippen LogP contribution in [0.4, 0.5) is 5.69 Å². The van der Waals surface area contributed by atoms with Crippen LogP contribution in [-0.4, -0.2) is 47.6 Å². The van der Waals surface area contributed by atoms with Crippen molar-refractivity contribution in [3.8, 4) is 11.5 Å². The van der Waals surface area contributed by atoms with Crippen molar-refractivity contribution in [1.82, 2.24) is 5.43 Å². The number of benzene rings is 2. The summed E-state index contributed by atoms with van der Waals surface area (Å²) in [7, 11) is -0.590. The van der Waals surface area contributed by atoms with E-state index in [-0.39, 0.29) is 12.0 Å². The maximum Gasteiger partial charge on any atom is 0.260 e. The molecule has 4 aliphatic carbocycles. The number of sulfonamides is 1. The van der Waals surface area contributed by atoms with Gasteiger partial charge in [-0.25, -0.2) is 13.8 Å². The Morgan fingerprint density at radius 1 is 1.03 bits per heavy atom. The van der Waals surface area contributed by atoms with Gasteiger partial charge in [-0.2, -0.15) is 5.10 Å². The summed E-state index contributed by atoms with van der Waals surface area (Å²) >= 11 is 0. The van der Waals surface area contributed by atoms with Gasteiger partial charge in [0.25, 0.3) is 5.91 Å². The fourth-order valence-corrected chi connectivity index (χ4v) is 7.98. The molecule has 4 saturated carbocycles. The second kappa shape index (κ2) is 10.0. The summed E-state index contributed by atoms with van der Waals surface area (Å²) in [5, 5.41) is 3.99. The molecule has 4 fully saturated rings.